The minimum Gasteiger partial charge on any atom is -0.424 e. The molecule has 1 spiro atoms. The van der Waals surface area contributed by atoms with E-state index in [1.807, 2.05) is 42.2 Å². The Labute approximate surface area is 142 Å². The van der Waals surface area contributed by atoms with Crippen molar-refractivity contribution < 1.29 is 9.21 Å². The number of piperidine rings is 1. The summed E-state index contributed by atoms with van der Waals surface area (Å²) in [5.74, 6) is 0.830. The van der Waals surface area contributed by atoms with Crippen molar-refractivity contribution in [2.45, 2.75) is 38.6 Å². The fourth-order valence-electron chi connectivity index (χ4n) is 3.48. The van der Waals surface area contributed by atoms with E-state index < -0.39 is 0 Å². The fraction of sp³-hybridized carbons (Fsp3) is 0.474. The fourth-order valence-corrected chi connectivity index (χ4v) is 3.48. The lowest BCUT2D eigenvalue weighted by molar-refractivity contribution is -0.133. The number of oxazole rings is 1. The second-order valence-corrected chi connectivity index (χ2v) is 7.09. The topological polar surface area (TPSA) is 58.4 Å². The first kappa shape index (κ1) is 15.2. The Hall–Kier alpha value is -2.30. The highest BCUT2D eigenvalue weighted by Crippen LogP contribution is 2.53. The first-order valence-corrected chi connectivity index (χ1v) is 8.72. The van der Waals surface area contributed by atoms with E-state index in [0.29, 0.717) is 17.2 Å². The van der Waals surface area contributed by atoms with Gasteiger partial charge >= 0.3 is 0 Å². The quantitative estimate of drug-likeness (QED) is 0.934. The second kappa shape index (κ2) is 5.96. The summed E-state index contributed by atoms with van der Waals surface area (Å²) in [7, 11) is 0. The number of nitrogens with one attached hydrogen (secondary N) is 1. The molecule has 1 amide bonds. The highest BCUT2D eigenvalue weighted by atomic mass is 16.4. The van der Waals surface area contributed by atoms with Crippen LogP contribution >= 0.6 is 0 Å². The Balaban J connectivity index is 1.36. The standard InChI is InChI=1S/C19H23N3O2/c1-14(17(23)22-11-9-19(7-8-19)10-12-22)21-18-20-13-16(24-18)15-5-3-2-4-6-15/h2-6,13-14H,7-12H2,1H3,(H,20,21)/t14-/m0/s1. The van der Waals surface area contributed by atoms with E-state index in [1.54, 1.807) is 6.20 Å². The molecule has 1 saturated carbocycles. The number of benzene rings is 1. The van der Waals surface area contributed by atoms with E-state index >= 15 is 0 Å². The molecule has 2 fully saturated rings. The van der Waals surface area contributed by atoms with Gasteiger partial charge in [0, 0.05) is 18.7 Å². The summed E-state index contributed by atoms with van der Waals surface area (Å²) >= 11 is 0. The van der Waals surface area contributed by atoms with Crippen molar-refractivity contribution in [1.29, 1.82) is 0 Å². The molecule has 0 unspecified atom stereocenters. The lowest BCUT2D eigenvalue weighted by Crippen LogP contribution is -2.45. The zero-order valence-corrected chi connectivity index (χ0v) is 14.0. The molecule has 1 aromatic heterocycles. The third-order valence-corrected chi connectivity index (χ3v) is 5.37. The van der Waals surface area contributed by atoms with Crippen LogP contribution in [0.3, 0.4) is 0 Å². The van der Waals surface area contributed by atoms with Crippen LogP contribution in [-0.2, 0) is 4.79 Å². The van der Waals surface area contributed by atoms with E-state index in [4.69, 9.17) is 4.42 Å². The van der Waals surface area contributed by atoms with Crippen LogP contribution in [0.2, 0.25) is 0 Å². The zero-order valence-electron chi connectivity index (χ0n) is 14.0. The van der Waals surface area contributed by atoms with Crippen LogP contribution in [0.5, 0.6) is 0 Å². The average Bonchev–Trinajstić information content (AvgIpc) is 3.20. The van der Waals surface area contributed by atoms with Crippen molar-refractivity contribution in [3.8, 4) is 11.3 Å². The molecule has 2 aliphatic rings. The van der Waals surface area contributed by atoms with Crippen LogP contribution in [0.25, 0.3) is 11.3 Å². The molecule has 5 nitrogen and oxygen atoms in total. The van der Waals surface area contributed by atoms with Crippen molar-refractivity contribution in [3.05, 3.63) is 36.5 Å². The SMILES string of the molecule is C[C@H](Nc1ncc(-c2ccccc2)o1)C(=O)N1CCC2(CC1)CC2. The van der Waals surface area contributed by atoms with Gasteiger partial charge < -0.3 is 14.6 Å². The van der Waals surface area contributed by atoms with Gasteiger partial charge in [-0.15, -0.1) is 0 Å². The van der Waals surface area contributed by atoms with Gasteiger partial charge in [-0.3, -0.25) is 4.79 Å². The number of carbonyl (C=O) groups is 1. The maximum absolute atomic E-state index is 12.6. The smallest absolute Gasteiger partial charge is 0.295 e. The molecule has 4 rings (SSSR count). The zero-order chi connectivity index (χ0) is 16.6. The Bertz CT molecular complexity index is 711. The number of rotatable bonds is 4. The summed E-state index contributed by atoms with van der Waals surface area (Å²) in [6.07, 6.45) is 6.70. The highest BCUT2D eigenvalue weighted by molar-refractivity contribution is 5.83. The third-order valence-electron chi connectivity index (χ3n) is 5.37. The summed E-state index contributed by atoms with van der Waals surface area (Å²) in [6, 6.07) is 9.89. The van der Waals surface area contributed by atoms with Crippen LogP contribution in [0.15, 0.2) is 40.9 Å². The predicted octanol–water partition coefficient (Wildman–Crippen LogP) is 3.54. The van der Waals surface area contributed by atoms with Gasteiger partial charge in [-0.2, -0.15) is 0 Å². The molecule has 126 valence electrons. The van der Waals surface area contributed by atoms with Crippen LogP contribution < -0.4 is 5.32 Å². The van der Waals surface area contributed by atoms with E-state index in [9.17, 15) is 4.79 Å². The molecule has 24 heavy (non-hydrogen) atoms. The number of hydrogen-bond donors (Lipinski definition) is 1. The molecule has 1 atom stereocenters. The lowest BCUT2D eigenvalue weighted by Gasteiger charge is -2.33. The molecular formula is C19H23N3O2. The molecule has 1 aromatic carbocycles. The van der Waals surface area contributed by atoms with Gasteiger partial charge in [-0.25, -0.2) is 4.98 Å². The molecule has 2 heterocycles. The number of aromatic nitrogens is 1. The Morgan fingerprint density at radius 3 is 2.58 bits per heavy atom. The molecular weight excluding hydrogens is 302 g/mol. The van der Waals surface area contributed by atoms with E-state index in [0.717, 1.165) is 31.5 Å². The van der Waals surface area contributed by atoms with Crippen LogP contribution in [0.1, 0.15) is 32.6 Å². The Kier molecular flexibility index (Phi) is 3.79. The van der Waals surface area contributed by atoms with Crippen LogP contribution in [-0.4, -0.2) is 34.9 Å². The van der Waals surface area contributed by atoms with Crippen LogP contribution in [0.4, 0.5) is 6.01 Å². The first-order valence-electron chi connectivity index (χ1n) is 8.72. The predicted molar refractivity (Wildman–Crippen MR) is 92.5 cm³/mol. The van der Waals surface area contributed by atoms with Gasteiger partial charge in [0.1, 0.15) is 6.04 Å². The van der Waals surface area contributed by atoms with Gasteiger partial charge in [0.2, 0.25) is 5.91 Å². The third kappa shape index (κ3) is 3.03. The monoisotopic (exact) mass is 325 g/mol. The molecule has 2 aromatic rings. The van der Waals surface area contributed by atoms with Gasteiger partial charge in [0.25, 0.3) is 6.01 Å². The first-order chi connectivity index (χ1) is 11.7. The molecule has 1 aliphatic carbocycles. The number of carbonyl (C=O) groups excluding carboxylic acids is 1. The number of amides is 1. The Morgan fingerprint density at radius 1 is 1.21 bits per heavy atom. The van der Waals surface area contributed by atoms with Crippen LogP contribution in [0, 0.1) is 5.41 Å². The van der Waals surface area contributed by atoms with Crippen molar-refractivity contribution in [3.63, 3.8) is 0 Å². The molecule has 5 heteroatoms. The number of nitrogens with zero attached hydrogens (tertiary/aromatic N) is 2. The molecule has 1 N–H and O–H groups in total. The minimum absolute atomic E-state index is 0.130. The van der Waals surface area contributed by atoms with Crippen molar-refractivity contribution in [2.24, 2.45) is 5.41 Å². The largest absolute Gasteiger partial charge is 0.424 e. The highest BCUT2D eigenvalue weighted by Gasteiger charge is 2.45. The normalized spacial score (nSPS) is 20.0. The number of likely N-dealkylation sites (tertiary alicyclic amines) is 1. The number of anilines is 1. The summed E-state index contributed by atoms with van der Waals surface area (Å²) in [5.41, 5.74) is 1.56. The second-order valence-electron chi connectivity index (χ2n) is 7.09. The Morgan fingerprint density at radius 2 is 1.92 bits per heavy atom. The summed E-state index contributed by atoms with van der Waals surface area (Å²) in [6.45, 7) is 3.63. The maximum Gasteiger partial charge on any atom is 0.295 e. The molecule has 1 saturated heterocycles. The van der Waals surface area contributed by atoms with Crippen molar-refractivity contribution in [2.75, 3.05) is 18.4 Å². The van der Waals surface area contributed by atoms with Gasteiger partial charge in [-0.1, -0.05) is 30.3 Å². The van der Waals surface area contributed by atoms with E-state index in [-0.39, 0.29) is 11.9 Å². The van der Waals surface area contributed by atoms with Crippen molar-refractivity contribution in [1.82, 2.24) is 9.88 Å². The minimum atomic E-state index is -0.333. The summed E-state index contributed by atoms with van der Waals surface area (Å²) < 4.78 is 5.73. The van der Waals surface area contributed by atoms with Crippen molar-refractivity contribution >= 4 is 11.9 Å². The number of hydrogen-bond acceptors (Lipinski definition) is 4. The van der Waals surface area contributed by atoms with E-state index in [1.165, 1.54) is 12.8 Å². The van der Waals surface area contributed by atoms with Gasteiger partial charge in [-0.05, 0) is 38.0 Å². The average molecular weight is 325 g/mol. The molecule has 0 radical (unpaired) electrons. The molecule has 1 aliphatic heterocycles. The van der Waals surface area contributed by atoms with Gasteiger partial charge in [0.05, 0.1) is 6.20 Å². The lowest BCUT2D eigenvalue weighted by atomic mass is 9.93. The summed E-state index contributed by atoms with van der Waals surface area (Å²) in [4.78, 5) is 18.8. The van der Waals surface area contributed by atoms with E-state index in [2.05, 4.69) is 10.3 Å². The molecule has 0 bridgehead atoms. The summed E-state index contributed by atoms with van der Waals surface area (Å²) in [5, 5.41) is 3.10. The van der Waals surface area contributed by atoms with Gasteiger partial charge in [0.15, 0.2) is 5.76 Å². The maximum atomic E-state index is 12.6.